The van der Waals surface area contributed by atoms with Crippen LogP contribution < -0.4 is 0 Å². The highest BCUT2D eigenvalue weighted by Crippen LogP contribution is 2.29. The van der Waals surface area contributed by atoms with Gasteiger partial charge < -0.3 is 0 Å². The number of nitro groups is 1. The number of imide groups is 1. The average Bonchev–Trinajstić information content (AvgIpc) is 3.27. The lowest BCUT2D eigenvalue weighted by atomic mass is 10.1. The van der Waals surface area contributed by atoms with Crippen LogP contribution in [0.1, 0.15) is 38.9 Å². The summed E-state index contributed by atoms with van der Waals surface area (Å²) in [5.74, 6) is -0.998. The largest absolute Gasteiger partial charge is 0.270 e. The average molecular weight is 393 g/mol. The van der Waals surface area contributed by atoms with E-state index in [2.05, 4.69) is 11.9 Å². The van der Waals surface area contributed by atoms with E-state index in [-0.39, 0.29) is 23.4 Å². The van der Waals surface area contributed by atoms with Crippen molar-refractivity contribution in [2.45, 2.75) is 19.9 Å². The van der Waals surface area contributed by atoms with Crippen LogP contribution in [0.2, 0.25) is 0 Å². The van der Waals surface area contributed by atoms with Crippen molar-refractivity contribution in [3.8, 4) is 10.6 Å². The van der Waals surface area contributed by atoms with Crippen LogP contribution in [0, 0.1) is 10.1 Å². The molecule has 0 N–H and O–H groups in total. The first-order valence-electron chi connectivity index (χ1n) is 8.66. The summed E-state index contributed by atoms with van der Waals surface area (Å²) in [5.41, 5.74) is 2.84. The summed E-state index contributed by atoms with van der Waals surface area (Å²) in [7, 11) is 0. The number of carbonyl (C=O) groups excluding carboxylic acids is 2. The van der Waals surface area contributed by atoms with Crippen molar-refractivity contribution in [2.24, 2.45) is 0 Å². The minimum absolute atomic E-state index is 0.0314. The summed E-state index contributed by atoms with van der Waals surface area (Å²) < 4.78 is 0. The number of nitro benzene ring substituents is 1. The second-order valence-electron chi connectivity index (χ2n) is 6.38. The Kier molecular flexibility index (Phi) is 4.48. The number of aryl methyl sites for hydroxylation is 1. The van der Waals surface area contributed by atoms with Crippen LogP contribution in [-0.4, -0.2) is 26.6 Å². The van der Waals surface area contributed by atoms with Crippen molar-refractivity contribution in [1.82, 2.24) is 9.88 Å². The Morgan fingerprint density at radius 3 is 2.46 bits per heavy atom. The maximum absolute atomic E-state index is 12.6. The molecule has 0 radical (unpaired) electrons. The monoisotopic (exact) mass is 393 g/mol. The smallest absolute Gasteiger partial charge is 0.269 e. The van der Waals surface area contributed by atoms with Gasteiger partial charge in [-0.2, -0.15) is 0 Å². The Bertz CT molecular complexity index is 1100. The van der Waals surface area contributed by atoms with E-state index in [1.807, 2.05) is 29.6 Å². The van der Waals surface area contributed by atoms with Crippen molar-refractivity contribution in [2.75, 3.05) is 0 Å². The molecule has 1 aromatic heterocycles. The predicted molar refractivity (Wildman–Crippen MR) is 104 cm³/mol. The molecule has 0 fully saturated rings. The fraction of sp³-hybridized carbons (Fsp3) is 0.150. The molecule has 2 amide bonds. The zero-order valence-corrected chi connectivity index (χ0v) is 15.7. The van der Waals surface area contributed by atoms with Crippen LogP contribution in [0.3, 0.4) is 0 Å². The van der Waals surface area contributed by atoms with Gasteiger partial charge in [0.05, 0.1) is 28.3 Å². The summed E-state index contributed by atoms with van der Waals surface area (Å²) in [6.45, 7) is 2.12. The highest BCUT2D eigenvalue weighted by molar-refractivity contribution is 7.13. The van der Waals surface area contributed by atoms with E-state index < -0.39 is 16.7 Å². The molecule has 0 atom stereocenters. The van der Waals surface area contributed by atoms with Crippen LogP contribution in [0.25, 0.3) is 10.6 Å². The Morgan fingerprint density at radius 1 is 1.07 bits per heavy atom. The summed E-state index contributed by atoms with van der Waals surface area (Å²) in [4.78, 5) is 41.1. The lowest BCUT2D eigenvalue weighted by molar-refractivity contribution is -0.384. The van der Waals surface area contributed by atoms with Gasteiger partial charge in [0.15, 0.2) is 0 Å². The van der Waals surface area contributed by atoms with E-state index in [1.165, 1.54) is 29.0 Å². The number of aromatic nitrogens is 1. The highest BCUT2D eigenvalue weighted by atomic mass is 32.1. The normalized spacial score (nSPS) is 13.1. The van der Waals surface area contributed by atoms with E-state index in [0.717, 1.165) is 28.0 Å². The third kappa shape index (κ3) is 3.07. The van der Waals surface area contributed by atoms with Gasteiger partial charge in [0.2, 0.25) is 0 Å². The van der Waals surface area contributed by atoms with Gasteiger partial charge in [-0.05, 0) is 18.1 Å². The van der Waals surface area contributed by atoms with Crippen LogP contribution in [0.4, 0.5) is 5.69 Å². The van der Waals surface area contributed by atoms with Crippen molar-refractivity contribution in [3.05, 3.63) is 80.3 Å². The van der Waals surface area contributed by atoms with E-state index >= 15 is 0 Å². The number of benzene rings is 2. The molecule has 0 bridgehead atoms. The molecule has 2 heterocycles. The second-order valence-corrected chi connectivity index (χ2v) is 7.24. The molecule has 28 heavy (non-hydrogen) atoms. The van der Waals surface area contributed by atoms with Crippen molar-refractivity contribution < 1.29 is 14.5 Å². The summed E-state index contributed by atoms with van der Waals surface area (Å²) in [6.07, 6.45) is 0.960. The maximum atomic E-state index is 12.6. The lowest BCUT2D eigenvalue weighted by Crippen LogP contribution is -2.29. The number of carbonyl (C=O) groups is 2. The van der Waals surface area contributed by atoms with E-state index in [9.17, 15) is 19.7 Å². The SMILES string of the molecule is CCc1ccc(-c2nc(CN3C(=O)c4ccc([N+](=O)[O-])cc4C3=O)cs2)cc1. The van der Waals surface area contributed by atoms with Crippen LogP contribution in [-0.2, 0) is 13.0 Å². The highest BCUT2D eigenvalue weighted by Gasteiger charge is 2.37. The molecule has 2 aromatic carbocycles. The molecular weight excluding hydrogens is 378 g/mol. The molecule has 7 nitrogen and oxygen atoms in total. The number of thiazole rings is 1. The molecule has 1 aliphatic heterocycles. The number of fused-ring (bicyclic) bond motifs is 1. The number of rotatable bonds is 5. The van der Waals surface area contributed by atoms with Gasteiger partial charge in [-0.3, -0.25) is 24.6 Å². The molecule has 0 saturated carbocycles. The molecule has 0 spiro atoms. The van der Waals surface area contributed by atoms with Gasteiger partial charge in [0, 0.05) is 23.1 Å². The molecule has 140 valence electrons. The number of nitrogens with zero attached hydrogens (tertiary/aromatic N) is 3. The Labute approximate surface area is 164 Å². The molecule has 0 aliphatic carbocycles. The minimum atomic E-state index is -0.586. The summed E-state index contributed by atoms with van der Waals surface area (Å²) in [6, 6.07) is 11.8. The van der Waals surface area contributed by atoms with Crippen LogP contribution in [0.5, 0.6) is 0 Å². The first kappa shape index (κ1) is 18.0. The summed E-state index contributed by atoms with van der Waals surface area (Å²) in [5, 5.41) is 13.6. The topological polar surface area (TPSA) is 93.4 Å². The van der Waals surface area contributed by atoms with Crippen molar-refractivity contribution in [1.29, 1.82) is 0 Å². The summed E-state index contributed by atoms with van der Waals surface area (Å²) >= 11 is 1.44. The molecule has 0 unspecified atom stereocenters. The minimum Gasteiger partial charge on any atom is -0.269 e. The van der Waals surface area contributed by atoms with Gasteiger partial charge in [-0.15, -0.1) is 11.3 Å². The Hall–Kier alpha value is -3.39. The lowest BCUT2D eigenvalue weighted by Gasteiger charge is -2.11. The molecule has 4 rings (SSSR count). The first-order chi connectivity index (χ1) is 13.5. The number of hydrogen-bond donors (Lipinski definition) is 0. The van der Waals surface area contributed by atoms with Crippen molar-refractivity contribution >= 4 is 28.8 Å². The van der Waals surface area contributed by atoms with E-state index in [1.54, 1.807) is 0 Å². The van der Waals surface area contributed by atoms with Crippen LogP contribution in [0.15, 0.2) is 47.8 Å². The fourth-order valence-corrected chi connectivity index (χ4v) is 3.91. The zero-order chi connectivity index (χ0) is 19.8. The van der Waals surface area contributed by atoms with Crippen molar-refractivity contribution in [3.63, 3.8) is 0 Å². The molecule has 8 heteroatoms. The molecule has 3 aromatic rings. The predicted octanol–water partition coefficient (Wildman–Crippen LogP) is 4.08. The third-order valence-corrected chi connectivity index (χ3v) is 5.59. The van der Waals surface area contributed by atoms with Gasteiger partial charge in [-0.25, -0.2) is 4.98 Å². The first-order valence-corrected chi connectivity index (χ1v) is 9.54. The van der Waals surface area contributed by atoms with Crippen LogP contribution >= 0.6 is 11.3 Å². The third-order valence-electron chi connectivity index (χ3n) is 4.65. The Morgan fingerprint density at radius 2 is 1.79 bits per heavy atom. The zero-order valence-electron chi connectivity index (χ0n) is 14.9. The number of non-ortho nitro benzene ring substituents is 1. The molecule has 0 saturated heterocycles. The van der Waals surface area contributed by atoms with E-state index in [0.29, 0.717) is 5.69 Å². The molecular formula is C20H15N3O4S. The second kappa shape index (κ2) is 6.97. The molecule has 1 aliphatic rings. The van der Waals surface area contributed by atoms with Gasteiger partial charge in [0.25, 0.3) is 17.5 Å². The van der Waals surface area contributed by atoms with Gasteiger partial charge in [0.1, 0.15) is 5.01 Å². The maximum Gasteiger partial charge on any atom is 0.270 e. The van der Waals surface area contributed by atoms with E-state index in [4.69, 9.17) is 0 Å². The quantitative estimate of drug-likeness (QED) is 0.370. The Balaban J connectivity index is 1.56. The number of hydrogen-bond acceptors (Lipinski definition) is 6. The standard InChI is InChI=1S/C20H15N3O4S/c1-2-12-3-5-13(6-4-12)18-21-14(11-28-18)10-22-19(24)16-8-7-15(23(26)27)9-17(16)20(22)25/h3-9,11H,2,10H2,1H3. The fourth-order valence-electron chi connectivity index (χ4n) is 3.09. The van der Waals surface area contributed by atoms with Gasteiger partial charge in [-0.1, -0.05) is 31.2 Å². The number of amides is 2. The van der Waals surface area contributed by atoms with Gasteiger partial charge >= 0.3 is 0 Å².